The molecular weight excluding hydrogens is 396 g/mol. The number of anilines is 2. The van der Waals surface area contributed by atoms with Crippen molar-refractivity contribution < 1.29 is 4.79 Å². The maximum absolute atomic E-state index is 13.0. The first-order valence-electron chi connectivity index (χ1n) is 11.3. The largest absolute Gasteiger partial charge is 0.355 e. The van der Waals surface area contributed by atoms with Crippen LogP contribution in [-0.4, -0.2) is 39.2 Å². The highest BCUT2D eigenvalue weighted by Gasteiger charge is 2.53. The molecule has 158 valence electrons. The lowest BCUT2D eigenvalue weighted by Crippen LogP contribution is -2.48. The van der Waals surface area contributed by atoms with Gasteiger partial charge in [-0.15, -0.1) is 10.2 Å². The molecule has 7 nitrogen and oxygen atoms in total. The van der Waals surface area contributed by atoms with Crippen molar-refractivity contribution in [3.63, 3.8) is 0 Å². The molecule has 1 saturated heterocycles. The zero-order chi connectivity index (χ0) is 20.1. The van der Waals surface area contributed by atoms with Gasteiger partial charge in [0.1, 0.15) is 10.8 Å². The molecule has 0 spiro atoms. The summed E-state index contributed by atoms with van der Waals surface area (Å²) in [5.41, 5.74) is 0.239. The van der Waals surface area contributed by atoms with E-state index in [0.29, 0.717) is 11.7 Å². The van der Waals surface area contributed by atoms with Gasteiger partial charge in [-0.25, -0.2) is 4.98 Å². The van der Waals surface area contributed by atoms with Crippen LogP contribution in [0.15, 0.2) is 18.6 Å². The van der Waals surface area contributed by atoms with E-state index in [-0.39, 0.29) is 17.2 Å². The van der Waals surface area contributed by atoms with Gasteiger partial charge in [-0.3, -0.25) is 9.78 Å². The van der Waals surface area contributed by atoms with Crippen LogP contribution >= 0.6 is 11.3 Å². The molecule has 1 atom stereocenters. The second kappa shape index (κ2) is 7.25. The van der Waals surface area contributed by atoms with E-state index >= 15 is 0 Å². The summed E-state index contributed by atoms with van der Waals surface area (Å²) in [4.78, 5) is 23.7. The highest BCUT2D eigenvalue weighted by molar-refractivity contribution is 7.15. The zero-order valence-corrected chi connectivity index (χ0v) is 18.0. The third-order valence-electron chi connectivity index (χ3n) is 7.81. The Balaban J connectivity index is 1.14. The Morgan fingerprint density at radius 2 is 1.87 bits per heavy atom. The van der Waals surface area contributed by atoms with Crippen molar-refractivity contribution in [3.8, 4) is 0 Å². The van der Waals surface area contributed by atoms with Gasteiger partial charge in [0.2, 0.25) is 11.0 Å². The topological polar surface area (TPSA) is 83.9 Å². The summed E-state index contributed by atoms with van der Waals surface area (Å²) in [5, 5.41) is 13.9. The number of hydrogen-bond donors (Lipinski definition) is 1. The Kier molecular flexibility index (Phi) is 4.51. The monoisotopic (exact) mass is 424 g/mol. The van der Waals surface area contributed by atoms with Crippen molar-refractivity contribution in [2.24, 2.45) is 23.7 Å². The number of rotatable bonds is 4. The van der Waals surface area contributed by atoms with Crippen LogP contribution < -0.4 is 10.2 Å². The summed E-state index contributed by atoms with van der Waals surface area (Å²) < 4.78 is 0. The first kappa shape index (κ1) is 18.7. The number of nitrogens with one attached hydrogen (secondary N) is 1. The fourth-order valence-electron chi connectivity index (χ4n) is 6.92. The minimum atomic E-state index is -0.0624. The zero-order valence-electron chi connectivity index (χ0n) is 17.2. The average molecular weight is 425 g/mol. The van der Waals surface area contributed by atoms with Crippen molar-refractivity contribution in [3.05, 3.63) is 23.6 Å². The first-order chi connectivity index (χ1) is 14.7. The summed E-state index contributed by atoms with van der Waals surface area (Å²) in [6.07, 6.45) is 15.1. The molecule has 8 heteroatoms. The highest BCUT2D eigenvalue weighted by Crippen LogP contribution is 2.61. The molecule has 4 aliphatic carbocycles. The van der Waals surface area contributed by atoms with Crippen LogP contribution in [0, 0.1) is 23.7 Å². The van der Waals surface area contributed by atoms with Gasteiger partial charge in [-0.1, -0.05) is 11.3 Å². The van der Waals surface area contributed by atoms with E-state index in [4.69, 9.17) is 0 Å². The normalized spacial score (nSPS) is 34.9. The van der Waals surface area contributed by atoms with Crippen LogP contribution in [0.25, 0.3) is 0 Å². The molecule has 0 radical (unpaired) electrons. The lowest BCUT2D eigenvalue weighted by atomic mass is 9.50. The molecule has 0 aromatic carbocycles. The maximum Gasteiger partial charge on any atom is 0.231 e. The molecular formula is C22H28N6OS. The predicted octanol–water partition coefficient (Wildman–Crippen LogP) is 3.65. The third kappa shape index (κ3) is 3.29. The van der Waals surface area contributed by atoms with E-state index in [1.807, 2.05) is 0 Å². The van der Waals surface area contributed by atoms with E-state index in [2.05, 4.69) is 30.4 Å². The van der Waals surface area contributed by atoms with Gasteiger partial charge in [0, 0.05) is 30.9 Å². The lowest BCUT2D eigenvalue weighted by Gasteiger charge is -2.55. The van der Waals surface area contributed by atoms with Crippen LogP contribution in [-0.2, 0) is 10.2 Å². The van der Waals surface area contributed by atoms with Gasteiger partial charge in [0.05, 0.1) is 12.1 Å². The van der Waals surface area contributed by atoms with Gasteiger partial charge >= 0.3 is 0 Å². The molecule has 30 heavy (non-hydrogen) atoms. The fraction of sp³-hybridized carbons (Fsp3) is 0.682. The Bertz CT molecular complexity index is 895. The van der Waals surface area contributed by atoms with Gasteiger partial charge in [0.15, 0.2) is 0 Å². The van der Waals surface area contributed by atoms with Gasteiger partial charge in [-0.2, -0.15) is 0 Å². The molecule has 0 unspecified atom stereocenters. The van der Waals surface area contributed by atoms with Crippen molar-refractivity contribution in [1.82, 2.24) is 20.2 Å². The highest BCUT2D eigenvalue weighted by atomic mass is 32.1. The van der Waals surface area contributed by atoms with Crippen LogP contribution in [0.5, 0.6) is 0 Å². The van der Waals surface area contributed by atoms with E-state index in [9.17, 15) is 4.79 Å². The maximum atomic E-state index is 13.0. The van der Waals surface area contributed by atoms with Crippen molar-refractivity contribution in [2.45, 2.75) is 56.8 Å². The molecule has 1 aliphatic heterocycles. The number of carbonyl (C=O) groups is 1. The van der Waals surface area contributed by atoms with E-state index < -0.39 is 0 Å². The summed E-state index contributed by atoms with van der Waals surface area (Å²) >= 11 is 1.62. The quantitative estimate of drug-likeness (QED) is 0.807. The molecule has 4 saturated carbocycles. The molecule has 2 aromatic rings. The lowest BCUT2D eigenvalue weighted by molar-refractivity contribution is -0.120. The molecule has 7 rings (SSSR count). The van der Waals surface area contributed by atoms with Gasteiger partial charge < -0.3 is 10.2 Å². The summed E-state index contributed by atoms with van der Waals surface area (Å²) in [5.74, 6) is 3.48. The van der Waals surface area contributed by atoms with Crippen LogP contribution in [0.4, 0.5) is 10.9 Å². The van der Waals surface area contributed by atoms with E-state index in [1.165, 1.54) is 43.5 Å². The summed E-state index contributed by atoms with van der Waals surface area (Å²) in [6.45, 7) is 1.59. The number of piperidine rings is 1. The van der Waals surface area contributed by atoms with Crippen molar-refractivity contribution in [1.29, 1.82) is 0 Å². The average Bonchev–Trinajstić information content (AvgIpc) is 3.23. The second-order valence-electron chi connectivity index (χ2n) is 9.95. The Morgan fingerprint density at radius 1 is 1.10 bits per heavy atom. The molecule has 5 fully saturated rings. The fourth-order valence-corrected chi connectivity index (χ4v) is 7.89. The van der Waals surface area contributed by atoms with Gasteiger partial charge in [-0.05, 0) is 69.1 Å². The number of amides is 1. The summed E-state index contributed by atoms with van der Waals surface area (Å²) in [7, 11) is 0. The van der Waals surface area contributed by atoms with E-state index in [0.717, 1.165) is 43.0 Å². The molecule has 1 amide bonds. The Morgan fingerprint density at radius 3 is 2.57 bits per heavy atom. The smallest absolute Gasteiger partial charge is 0.231 e. The third-order valence-corrected chi connectivity index (χ3v) is 8.90. The SMILES string of the molecule is O=C(Nc1nnc(C23CC4CC(CC(C4)C2)C3)s1)[C@H]1CCCN(c2cnccn2)C1. The first-order valence-corrected chi connectivity index (χ1v) is 12.1. The predicted molar refractivity (Wildman–Crippen MR) is 115 cm³/mol. The minimum Gasteiger partial charge on any atom is -0.355 e. The standard InChI is InChI=1S/C22H28N6OS/c29-19(17-2-1-5-28(13-17)18-12-23-3-4-24-18)25-21-27-26-20(30-21)22-9-14-6-15(10-22)8-16(7-14)11-22/h3-4,12,14-17H,1-2,5-11,13H2,(H,25,27,29)/t14?,15?,16?,17-,22?/m0/s1. The Hall–Kier alpha value is -2.09. The van der Waals surface area contributed by atoms with Crippen LogP contribution in [0.3, 0.4) is 0 Å². The van der Waals surface area contributed by atoms with Crippen LogP contribution in [0.2, 0.25) is 0 Å². The van der Waals surface area contributed by atoms with Crippen molar-refractivity contribution in [2.75, 3.05) is 23.3 Å². The molecule has 5 aliphatic rings. The molecule has 3 heterocycles. The Labute approximate surface area is 180 Å². The van der Waals surface area contributed by atoms with Crippen LogP contribution in [0.1, 0.15) is 56.4 Å². The van der Waals surface area contributed by atoms with E-state index in [1.54, 1.807) is 29.9 Å². The molecule has 4 bridgehead atoms. The number of aromatic nitrogens is 4. The number of hydrogen-bond acceptors (Lipinski definition) is 7. The van der Waals surface area contributed by atoms with Crippen molar-refractivity contribution >= 4 is 28.2 Å². The summed E-state index contributed by atoms with van der Waals surface area (Å²) in [6, 6.07) is 0. The second-order valence-corrected chi connectivity index (χ2v) is 10.9. The molecule has 2 aromatic heterocycles. The minimum absolute atomic E-state index is 0.0526. The van der Waals surface area contributed by atoms with Gasteiger partial charge in [0.25, 0.3) is 0 Å². The molecule has 1 N–H and O–H groups in total. The number of carbonyl (C=O) groups excluding carboxylic acids is 1. The number of nitrogens with zero attached hydrogens (tertiary/aromatic N) is 5.